The number of nitrogens with zero attached hydrogens (tertiary/aromatic N) is 1. The van der Waals surface area contributed by atoms with Gasteiger partial charge < -0.3 is 4.84 Å². The minimum atomic E-state index is -0.582. The maximum Gasteiger partial charge on any atom is 0.357 e. The molecule has 0 radical (unpaired) electrons. The molecule has 0 spiro atoms. The highest BCUT2D eigenvalue weighted by Crippen LogP contribution is 2.00. The molecule has 0 saturated carbocycles. The standard InChI is InChI=1S/C22H18BNO2/c1-2-22(25)26-24-17-18-11-9-10-16-21(18)23(19-12-5-3-6-13-19)20-14-7-4-8-15-20/h2-17H,1H2. The van der Waals surface area contributed by atoms with Crippen LogP contribution in [0.25, 0.3) is 0 Å². The molecular formula is C22H18BNO2. The maximum atomic E-state index is 11.2. The Morgan fingerprint density at radius 3 is 1.96 bits per heavy atom. The monoisotopic (exact) mass is 339 g/mol. The number of hydrogen-bond donors (Lipinski definition) is 0. The van der Waals surface area contributed by atoms with Gasteiger partial charge in [0.1, 0.15) is 0 Å². The lowest BCUT2D eigenvalue weighted by Gasteiger charge is -2.17. The van der Waals surface area contributed by atoms with Crippen molar-refractivity contribution < 1.29 is 9.63 Å². The highest BCUT2D eigenvalue weighted by atomic mass is 16.7. The SMILES string of the molecule is C=CC(=O)ON=Cc1ccccc1B(c1ccccc1)c1ccccc1. The van der Waals surface area contributed by atoms with E-state index in [1.54, 1.807) is 6.21 Å². The molecule has 3 aromatic rings. The van der Waals surface area contributed by atoms with Crippen molar-refractivity contribution >= 4 is 35.3 Å². The van der Waals surface area contributed by atoms with Crippen molar-refractivity contribution in [3.63, 3.8) is 0 Å². The van der Waals surface area contributed by atoms with E-state index in [1.807, 2.05) is 54.6 Å². The van der Waals surface area contributed by atoms with E-state index in [-0.39, 0.29) is 6.71 Å². The molecule has 0 amide bonds. The zero-order valence-corrected chi connectivity index (χ0v) is 14.3. The van der Waals surface area contributed by atoms with E-state index in [2.05, 4.69) is 42.1 Å². The van der Waals surface area contributed by atoms with E-state index < -0.39 is 5.97 Å². The molecule has 0 atom stereocenters. The third-order valence-electron chi connectivity index (χ3n) is 4.07. The summed E-state index contributed by atoms with van der Waals surface area (Å²) in [5.74, 6) is -0.582. The second kappa shape index (κ2) is 8.63. The molecule has 0 unspecified atom stereocenters. The van der Waals surface area contributed by atoms with Crippen LogP contribution in [0.5, 0.6) is 0 Å². The Hall–Kier alpha value is -3.40. The lowest BCUT2D eigenvalue weighted by molar-refractivity contribution is -0.137. The molecule has 0 fully saturated rings. The highest BCUT2D eigenvalue weighted by Gasteiger charge is 2.23. The summed E-state index contributed by atoms with van der Waals surface area (Å²) in [7, 11) is 0. The third kappa shape index (κ3) is 4.17. The molecule has 0 aliphatic rings. The predicted molar refractivity (Wildman–Crippen MR) is 108 cm³/mol. The van der Waals surface area contributed by atoms with Crippen LogP contribution < -0.4 is 16.4 Å². The number of hydrogen-bond acceptors (Lipinski definition) is 3. The summed E-state index contributed by atoms with van der Waals surface area (Å²) in [6.07, 6.45) is 2.65. The molecule has 0 saturated heterocycles. The molecular weight excluding hydrogens is 321 g/mol. The van der Waals surface area contributed by atoms with Gasteiger partial charge in [-0.15, -0.1) is 0 Å². The summed E-state index contributed by atoms with van der Waals surface area (Å²) >= 11 is 0. The second-order valence-corrected chi connectivity index (χ2v) is 5.73. The Morgan fingerprint density at radius 2 is 1.38 bits per heavy atom. The van der Waals surface area contributed by atoms with E-state index >= 15 is 0 Å². The molecule has 126 valence electrons. The van der Waals surface area contributed by atoms with Crippen molar-refractivity contribution in [1.29, 1.82) is 0 Å². The van der Waals surface area contributed by atoms with Crippen molar-refractivity contribution in [2.24, 2.45) is 5.16 Å². The van der Waals surface area contributed by atoms with Crippen LogP contribution in [0.1, 0.15) is 5.56 Å². The number of benzene rings is 3. The van der Waals surface area contributed by atoms with E-state index in [1.165, 1.54) is 10.9 Å². The largest absolute Gasteiger partial charge is 0.357 e. The van der Waals surface area contributed by atoms with Crippen LogP contribution in [0, 0.1) is 0 Å². The number of carbonyl (C=O) groups is 1. The predicted octanol–water partition coefficient (Wildman–Crippen LogP) is 2.27. The summed E-state index contributed by atoms with van der Waals surface area (Å²) in [6, 6.07) is 28.6. The Kier molecular flexibility index (Phi) is 5.78. The minimum Gasteiger partial charge on any atom is -0.314 e. The van der Waals surface area contributed by atoms with Crippen molar-refractivity contribution in [2.45, 2.75) is 0 Å². The lowest BCUT2D eigenvalue weighted by Crippen LogP contribution is -2.53. The first-order chi connectivity index (χ1) is 12.8. The van der Waals surface area contributed by atoms with Crippen LogP contribution in [-0.2, 0) is 9.63 Å². The van der Waals surface area contributed by atoms with Gasteiger partial charge in [0, 0.05) is 6.08 Å². The van der Waals surface area contributed by atoms with Crippen LogP contribution in [0.3, 0.4) is 0 Å². The molecule has 3 rings (SSSR count). The van der Waals surface area contributed by atoms with Crippen LogP contribution in [0.4, 0.5) is 0 Å². The van der Waals surface area contributed by atoms with Gasteiger partial charge in [-0.1, -0.05) is 113 Å². The van der Waals surface area contributed by atoms with Crippen molar-refractivity contribution in [3.05, 3.63) is 103 Å². The Bertz CT molecular complexity index is 868. The fourth-order valence-corrected chi connectivity index (χ4v) is 2.91. The second-order valence-electron chi connectivity index (χ2n) is 5.73. The summed E-state index contributed by atoms with van der Waals surface area (Å²) in [6.45, 7) is 3.41. The van der Waals surface area contributed by atoms with Gasteiger partial charge in [0.05, 0.1) is 6.21 Å². The fraction of sp³-hybridized carbons (Fsp3) is 0. The van der Waals surface area contributed by atoms with Crippen molar-refractivity contribution in [3.8, 4) is 0 Å². The normalized spacial score (nSPS) is 10.5. The highest BCUT2D eigenvalue weighted by molar-refractivity contribution is 6.96. The Morgan fingerprint density at radius 1 is 0.846 bits per heavy atom. The smallest absolute Gasteiger partial charge is 0.314 e. The van der Waals surface area contributed by atoms with Gasteiger partial charge in [-0.25, -0.2) is 4.79 Å². The summed E-state index contributed by atoms with van der Waals surface area (Å²) in [4.78, 5) is 16.0. The topological polar surface area (TPSA) is 38.7 Å². The Labute approximate surface area is 153 Å². The number of oxime groups is 1. The van der Waals surface area contributed by atoms with Gasteiger partial charge >= 0.3 is 5.97 Å². The molecule has 0 aliphatic carbocycles. The lowest BCUT2D eigenvalue weighted by atomic mass is 9.36. The summed E-state index contributed by atoms with van der Waals surface area (Å²) in [5, 5.41) is 3.80. The van der Waals surface area contributed by atoms with Gasteiger partial charge in [-0.3, -0.25) is 0 Å². The average molecular weight is 339 g/mol. The van der Waals surface area contributed by atoms with Crippen molar-refractivity contribution in [1.82, 2.24) is 0 Å². The summed E-state index contributed by atoms with van der Waals surface area (Å²) in [5.41, 5.74) is 4.34. The molecule has 0 aromatic heterocycles. The van der Waals surface area contributed by atoms with Crippen LogP contribution in [-0.4, -0.2) is 18.9 Å². The van der Waals surface area contributed by atoms with Gasteiger partial charge in [0.25, 0.3) is 0 Å². The van der Waals surface area contributed by atoms with Crippen LogP contribution in [0.2, 0.25) is 0 Å². The van der Waals surface area contributed by atoms with Gasteiger partial charge in [-0.2, -0.15) is 0 Å². The van der Waals surface area contributed by atoms with Crippen LogP contribution in [0.15, 0.2) is 103 Å². The average Bonchev–Trinajstić information content (AvgIpc) is 2.71. The molecule has 0 heterocycles. The van der Waals surface area contributed by atoms with E-state index in [0.717, 1.165) is 17.1 Å². The first-order valence-electron chi connectivity index (χ1n) is 8.35. The maximum absolute atomic E-state index is 11.2. The van der Waals surface area contributed by atoms with Crippen molar-refractivity contribution in [2.75, 3.05) is 0 Å². The Balaban J connectivity index is 2.05. The van der Waals surface area contributed by atoms with Crippen LogP contribution >= 0.6 is 0 Å². The molecule has 4 heteroatoms. The fourth-order valence-electron chi connectivity index (χ4n) is 2.91. The number of carbonyl (C=O) groups excluding carboxylic acids is 1. The molecule has 26 heavy (non-hydrogen) atoms. The van der Waals surface area contributed by atoms with Gasteiger partial charge in [-0.05, 0) is 5.56 Å². The quantitative estimate of drug-likeness (QED) is 0.227. The first kappa shape index (κ1) is 17.4. The zero-order chi connectivity index (χ0) is 18.2. The number of rotatable bonds is 6. The summed E-state index contributed by atoms with van der Waals surface area (Å²) < 4.78 is 0. The molecule has 0 aliphatic heterocycles. The van der Waals surface area contributed by atoms with Gasteiger partial charge in [0.15, 0.2) is 0 Å². The first-order valence-corrected chi connectivity index (χ1v) is 8.35. The molecule has 0 N–H and O–H groups in total. The molecule has 0 bridgehead atoms. The van der Waals surface area contributed by atoms with E-state index in [0.29, 0.717) is 0 Å². The van der Waals surface area contributed by atoms with E-state index in [9.17, 15) is 4.79 Å². The van der Waals surface area contributed by atoms with E-state index in [4.69, 9.17) is 4.84 Å². The van der Waals surface area contributed by atoms with Gasteiger partial charge in [0.2, 0.25) is 6.71 Å². The molecule has 3 aromatic carbocycles. The molecule has 3 nitrogen and oxygen atoms in total. The minimum absolute atomic E-state index is 0.0511. The zero-order valence-electron chi connectivity index (χ0n) is 14.3. The third-order valence-corrected chi connectivity index (χ3v) is 4.07.